The zero-order chi connectivity index (χ0) is 21.1. The van der Waals surface area contributed by atoms with Crippen LogP contribution in [0.2, 0.25) is 5.02 Å². The Hall–Kier alpha value is -2.66. The molecule has 0 atom stereocenters. The maximum atomic E-state index is 13.6. The van der Waals surface area contributed by atoms with Gasteiger partial charge in [-0.25, -0.2) is 0 Å². The van der Waals surface area contributed by atoms with Gasteiger partial charge in [-0.2, -0.15) is 4.98 Å². The van der Waals surface area contributed by atoms with Gasteiger partial charge in [0.2, 0.25) is 11.7 Å². The van der Waals surface area contributed by atoms with Crippen LogP contribution in [0.5, 0.6) is 0 Å². The molecular formula is C24H26ClN3O2. The average molecular weight is 424 g/mol. The van der Waals surface area contributed by atoms with Gasteiger partial charge < -0.3 is 9.42 Å². The van der Waals surface area contributed by atoms with Crippen molar-refractivity contribution in [2.75, 3.05) is 0 Å². The van der Waals surface area contributed by atoms with Crippen molar-refractivity contribution in [3.63, 3.8) is 0 Å². The first-order valence-electron chi connectivity index (χ1n) is 10.5. The number of rotatable bonds is 5. The lowest BCUT2D eigenvalue weighted by Gasteiger charge is -2.34. The van der Waals surface area contributed by atoms with E-state index in [0.29, 0.717) is 23.3 Å². The number of halogens is 1. The van der Waals surface area contributed by atoms with Crippen LogP contribution in [0.3, 0.4) is 0 Å². The van der Waals surface area contributed by atoms with Crippen molar-refractivity contribution in [1.29, 1.82) is 0 Å². The highest BCUT2D eigenvalue weighted by Gasteiger charge is 2.29. The predicted molar refractivity (Wildman–Crippen MR) is 117 cm³/mol. The van der Waals surface area contributed by atoms with Crippen LogP contribution in [0.25, 0.3) is 11.4 Å². The van der Waals surface area contributed by atoms with Crippen LogP contribution in [-0.4, -0.2) is 27.0 Å². The third-order valence-electron chi connectivity index (χ3n) is 5.78. The highest BCUT2D eigenvalue weighted by Crippen LogP contribution is 2.27. The van der Waals surface area contributed by atoms with Crippen LogP contribution in [0.15, 0.2) is 47.0 Å². The Balaban J connectivity index is 1.61. The quantitative estimate of drug-likeness (QED) is 0.506. The highest BCUT2D eigenvalue weighted by molar-refractivity contribution is 6.30. The first-order chi connectivity index (χ1) is 14.5. The molecule has 0 N–H and O–H groups in total. The normalized spacial score (nSPS) is 14.6. The second kappa shape index (κ2) is 9.00. The SMILES string of the molecule is Cc1ccc(C)c(C(=O)N(Cc2nc(-c3ccc(Cl)cc3)no2)C2CCCCC2)c1. The smallest absolute Gasteiger partial charge is 0.254 e. The zero-order valence-corrected chi connectivity index (χ0v) is 18.2. The summed E-state index contributed by atoms with van der Waals surface area (Å²) in [4.78, 5) is 20.0. The van der Waals surface area contributed by atoms with E-state index in [1.807, 2.05) is 49.1 Å². The van der Waals surface area contributed by atoms with E-state index in [1.165, 1.54) is 6.42 Å². The predicted octanol–water partition coefficient (Wildman–Crippen LogP) is 5.98. The summed E-state index contributed by atoms with van der Waals surface area (Å²) in [6, 6.07) is 13.5. The molecule has 0 aliphatic heterocycles. The van der Waals surface area contributed by atoms with E-state index in [9.17, 15) is 4.79 Å². The number of carbonyl (C=O) groups is 1. The van der Waals surface area contributed by atoms with E-state index < -0.39 is 0 Å². The molecule has 30 heavy (non-hydrogen) atoms. The van der Waals surface area contributed by atoms with Crippen LogP contribution in [-0.2, 0) is 6.54 Å². The molecule has 3 aromatic rings. The first kappa shape index (κ1) is 20.6. The molecular weight excluding hydrogens is 398 g/mol. The molecule has 0 unspecified atom stereocenters. The summed E-state index contributed by atoms with van der Waals surface area (Å²) >= 11 is 5.97. The molecule has 6 heteroatoms. The number of aromatic nitrogens is 2. The zero-order valence-electron chi connectivity index (χ0n) is 17.4. The fourth-order valence-electron chi connectivity index (χ4n) is 4.06. The van der Waals surface area contributed by atoms with Crippen molar-refractivity contribution in [2.24, 2.45) is 0 Å². The molecule has 0 radical (unpaired) electrons. The van der Waals surface area contributed by atoms with Gasteiger partial charge in [-0.3, -0.25) is 4.79 Å². The Morgan fingerprint density at radius 2 is 1.83 bits per heavy atom. The van der Waals surface area contributed by atoms with E-state index in [0.717, 1.165) is 47.9 Å². The Kier molecular flexibility index (Phi) is 6.18. The second-order valence-electron chi connectivity index (χ2n) is 8.06. The van der Waals surface area contributed by atoms with E-state index in [1.54, 1.807) is 12.1 Å². The maximum Gasteiger partial charge on any atom is 0.254 e. The minimum Gasteiger partial charge on any atom is -0.337 e. The molecule has 1 saturated carbocycles. The summed E-state index contributed by atoms with van der Waals surface area (Å²) < 4.78 is 5.52. The molecule has 1 fully saturated rings. The van der Waals surface area contributed by atoms with Gasteiger partial charge in [-0.15, -0.1) is 0 Å². The van der Waals surface area contributed by atoms with Crippen molar-refractivity contribution >= 4 is 17.5 Å². The number of hydrogen-bond donors (Lipinski definition) is 0. The first-order valence-corrected chi connectivity index (χ1v) is 10.9. The van der Waals surface area contributed by atoms with Crippen LogP contribution in [0, 0.1) is 13.8 Å². The number of amides is 1. The Morgan fingerprint density at radius 1 is 1.10 bits per heavy atom. The summed E-state index contributed by atoms with van der Waals surface area (Å²) in [7, 11) is 0. The van der Waals surface area contributed by atoms with Gasteiger partial charge in [0.05, 0.1) is 0 Å². The molecule has 2 aromatic carbocycles. The van der Waals surface area contributed by atoms with Crippen LogP contribution in [0.4, 0.5) is 0 Å². The van der Waals surface area contributed by atoms with Gasteiger partial charge in [-0.05, 0) is 62.6 Å². The molecule has 0 bridgehead atoms. The van der Waals surface area contributed by atoms with Crippen LogP contribution >= 0.6 is 11.6 Å². The van der Waals surface area contributed by atoms with Crippen LogP contribution in [0.1, 0.15) is 59.5 Å². The third kappa shape index (κ3) is 4.57. The molecule has 1 aliphatic rings. The van der Waals surface area contributed by atoms with Crippen molar-refractivity contribution in [2.45, 2.75) is 58.5 Å². The lowest BCUT2D eigenvalue weighted by molar-refractivity contribution is 0.0585. The molecule has 4 rings (SSSR count). The van der Waals surface area contributed by atoms with E-state index in [-0.39, 0.29) is 11.9 Å². The largest absolute Gasteiger partial charge is 0.337 e. The minimum atomic E-state index is 0.0364. The Bertz CT molecular complexity index is 1020. The number of benzene rings is 2. The van der Waals surface area contributed by atoms with Gasteiger partial charge in [0.15, 0.2) is 0 Å². The summed E-state index contributed by atoms with van der Waals surface area (Å²) in [5.41, 5.74) is 3.65. The Labute approximate surface area is 182 Å². The second-order valence-corrected chi connectivity index (χ2v) is 8.50. The third-order valence-corrected chi connectivity index (χ3v) is 6.03. The highest BCUT2D eigenvalue weighted by atomic mass is 35.5. The maximum absolute atomic E-state index is 13.6. The fourth-order valence-corrected chi connectivity index (χ4v) is 4.19. The van der Waals surface area contributed by atoms with Crippen molar-refractivity contribution in [3.8, 4) is 11.4 Å². The fraction of sp³-hybridized carbons (Fsp3) is 0.375. The number of hydrogen-bond acceptors (Lipinski definition) is 4. The average Bonchev–Trinajstić information content (AvgIpc) is 3.23. The number of aryl methyl sites for hydroxylation is 2. The summed E-state index contributed by atoms with van der Waals surface area (Å²) in [6.07, 6.45) is 5.52. The van der Waals surface area contributed by atoms with Crippen LogP contribution < -0.4 is 0 Å². The van der Waals surface area contributed by atoms with E-state index in [2.05, 4.69) is 10.1 Å². The number of nitrogens with zero attached hydrogens (tertiary/aromatic N) is 3. The summed E-state index contributed by atoms with van der Waals surface area (Å²) in [5.74, 6) is 0.989. The minimum absolute atomic E-state index is 0.0364. The van der Waals surface area contributed by atoms with E-state index in [4.69, 9.17) is 16.1 Å². The monoisotopic (exact) mass is 423 g/mol. The molecule has 156 valence electrons. The van der Waals surface area contributed by atoms with Crippen molar-refractivity contribution < 1.29 is 9.32 Å². The van der Waals surface area contributed by atoms with Gasteiger partial charge in [0.25, 0.3) is 5.91 Å². The molecule has 1 aromatic heterocycles. The van der Waals surface area contributed by atoms with Gasteiger partial charge in [0.1, 0.15) is 6.54 Å². The van der Waals surface area contributed by atoms with Crippen molar-refractivity contribution in [1.82, 2.24) is 15.0 Å². The summed E-state index contributed by atoms with van der Waals surface area (Å²) in [5, 5.41) is 4.77. The number of carbonyl (C=O) groups excluding carboxylic acids is 1. The van der Waals surface area contributed by atoms with E-state index >= 15 is 0 Å². The summed E-state index contributed by atoms with van der Waals surface area (Å²) in [6.45, 7) is 4.31. The lowest BCUT2D eigenvalue weighted by Crippen LogP contribution is -2.41. The molecule has 1 aliphatic carbocycles. The molecule has 1 amide bonds. The topological polar surface area (TPSA) is 59.2 Å². The standard InChI is InChI=1S/C24H26ClN3O2/c1-16-8-9-17(2)21(14-16)24(29)28(20-6-4-3-5-7-20)15-22-26-23(27-30-22)18-10-12-19(25)13-11-18/h8-14,20H,3-7,15H2,1-2H3. The van der Waals surface area contributed by atoms with Crippen molar-refractivity contribution in [3.05, 3.63) is 70.1 Å². The Morgan fingerprint density at radius 3 is 2.57 bits per heavy atom. The van der Waals surface area contributed by atoms with Gasteiger partial charge >= 0.3 is 0 Å². The molecule has 5 nitrogen and oxygen atoms in total. The van der Waals surface area contributed by atoms with Gasteiger partial charge in [-0.1, -0.05) is 53.7 Å². The lowest BCUT2D eigenvalue weighted by atomic mass is 9.93. The molecule has 0 saturated heterocycles. The molecule has 0 spiro atoms. The van der Waals surface area contributed by atoms with Gasteiger partial charge in [0, 0.05) is 22.2 Å². The molecule has 1 heterocycles.